The highest BCUT2D eigenvalue weighted by atomic mass is 79.9. The highest BCUT2D eigenvalue weighted by molar-refractivity contribution is 9.10. The number of rotatable bonds is 3. The lowest BCUT2D eigenvalue weighted by Crippen LogP contribution is -2.28. The lowest BCUT2D eigenvalue weighted by molar-refractivity contribution is 0.473. The van der Waals surface area contributed by atoms with E-state index >= 15 is 0 Å². The van der Waals surface area contributed by atoms with E-state index in [0.717, 1.165) is 10.9 Å². The molecule has 1 unspecified atom stereocenters. The van der Waals surface area contributed by atoms with Crippen molar-refractivity contribution in [3.8, 4) is 0 Å². The van der Waals surface area contributed by atoms with Crippen molar-refractivity contribution in [1.29, 1.82) is 0 Å². The molecule has 1 aliphatic heterocycles. The third-order valence-electron chi connectivity index (χ3n) is 3.86. The molecule has 1 fully saturated rings. The predicted molar refractivity (Wildman–Crippen MR) is 86.7 cm³/mol. The smallest absolute Gasteiger partial charge is 0.207 e. The van der Waals surface area contributed by atoms with Crippen LogP contribution in [-0.4, -0.2) is 25.8 Å². The molecule has 3 rings (SSSR count). The second kappa shape index (κ2) is 5.91. The minimum atomic E-state index is -3.40. The van der Waals surface area contributed by atoms with Gasteiger partial charge in [0.1, 0.15) is 0 Å². The maximum atomic E-state index is 12.7. The highest BCUT2D eigenvalue weighted by Crippen LogP contribution is 2.31. The van der Waals surface area contributed by atoms with E-state index in [0.29, 0.717) is 18.0 Å². The van der Waals surface area contributed by atoms with Gasteiger partial charge >= 0.3 is 0 Å². The van der Waals surface area contributed by atoms with Gasteiger partial charge in [-0.05, 0) is 36.1 Å². The zero-order chi connectivity index (χ0) is 14.9. The Morgan fingerprint density at radius 3 is 2.52 bits per heavy atom. The Balaban J connectivity index is 1.83. The van der Waals surface area contributed by atoms with E-state index in [1.54, 1.807) is 22.5 Å². The van der Waals surface area contributed by atoms with Crippen LogP contribution >= 0.6 is 15.9 Å². The average molecular weight is 366 g/mol. The minimum absolute atomic E-state index is 0.285. The van der Waals surface area contributed by atoms with Crippen LogP contribution in [0.25, 0.3) is 0 Å². The van der Waals surface area contributed by atoms with Crippen LogP contribution in [0.1, 0.15) is 17.9 Å². The van der Waals surface area contributed by atoms with Crippen LogP contribution in [0.4, 0.5) is 0 Å². The van der Waals surface area contributed by atoms with Gasteiger partial charge in [0.05, 0.1) is 4.90 Å². The quantitative estimate of drug-likeness (QED) is 0.832. The van der Waals surface area contributed by atoms with Crippen molar-refractivity contribution in [2.45, 2.75) is 17.2 Å². The fourth-order valence-electron chi connectivity index (χ4n) is 2.72. The van der Waals surface area contributed by atoms with Crippen molar-refractivity contribution in [3.05, 3.63) is 64.6 Å². The molecular weight excluding hydrogens is 350 g/mol. The van der Waals surface area contributed by atoms with Crippen LogP contribution in [0.2, 0.25) is 0 Å². The molecule has 0 aromatic heterocycles. The summed E-state index contributed by atoms with van der Waals surface area (Å²) in [6.07, 6.45) is 0.872. The summed E-state index contributed by atoms with van der Waals surface area (Å²) in [5.74, 6) is 0.285. The third kappa shape index (κ3) is 3.05. The fraction of sp³-hybridized carbons (Fsp3) is 0.250. The summed E-state index contributed by atoms with van der Waals surface area (Å²) in [5, 5.41) is 0. The van der Waals surface area contributed by atoms with Crippen LogP contribution in [0.5, 0.6) is 0 Å². The maximum absolute atomic E-state index is 12.7. The molecule has 2 aromatic rings. The van der Waals surface area contributed by atoms with Gasteiger partial charge in [-0.25, -0.2) is 8.42 Å². The molecule has 0 radical (unpaired) electrons. The normalized spacial score (nSPS) is 19.8. The van der Waals surface area contributed by atoms with Crippen molar-refractivity contribution in [2.75, 3.05) is 13.1 Å². The molecule has 1 atom stereocenters. The third-order valence-corrected chi connectivity index (χ3v) is 6.21. The van der Waals surface area contributed by atoms with E-state index in [1.807, 2.05) is 24.3 Å². The number of halogens is 1. The number of hydrogen-bond acceptors (Lipinski definition) is 2. The Hall–Kier alpha value is -1.17. The summed E-state index contributed by atoms with van der Waals surface area (Å²) in [7, 11) is -3.40. The largest absolute Gasteiger partial charge is 0.243 e. The lowest BCUT2D eigenvalue weighted by Gasteiger charge is -2.17. The summed E-state index contributed by atoms with van der Waals surface area (Å²) in [5.41, 5.74) is 1.21. The second-order valence-electron chi connectivity index (χ2n) is 5.22. The maximum Gasteiger partial charge on any atom is 0.243 e. The summed E-state index contributed by atoms with van der Waals surface area (Å²) in [6.45, 7) is 1.13. The van der Waals surface area contributed by atoms with Gasteiger partial charge in [-0.3, -0.25) is 0 Å². The molecule has 1 aliphatic rings. The first-order chi connectivity index (χ1) is 10.1. The molecular formula is C16H16BrNO2S. The first-order valence-electron chi connectivity index (χ1n) is 6.88. The standard InChI is InChI=1S/C16H16BrNO2S/c17-15-7-4-8-16(11-15)21(19,20)18-10-9-14(12-18)13-5-2-1-3-6-13/h1-8,11,14H,9-10,12H2. The average Bonchev–Trinajstić information content (AvgIpc) is 2.99. The van der Waals surface area contributed by atoms with Crippen LogP contribution < -0.4 is 0 Å². The van der Waals surface area contributed by atoms with Gasteiger partial charge in [-0.15, -0.1) is 0 Å². The van der Waals surface area contributed by atoms with E-state index < -0.39 is 10.0 Å². The molecule has 0 saturated carbocycles. The van der Waals surface area contributed by atoms with Gasteiger partial charge in [0.15, 0.2) is 0 Å². The molecule has 0 spiro atoms. The topological polar surface area (TPSA) is 37.4 Å². The highest BCUT2D eigenvalue weighted by Gasteiger charge is 2.33. The van der Waals surface area contributed by atoms with E-state index in [1.165, 1.54) is 5.56 Å². The first kappa shape index (κ1) is 14.8. The molecule has 21 heavy (non-hydrogen) atoms. The molecule has 0 aliphatic carbocycles. The Labute approximate surface area is 133 Å². The molecule has 0 N–H and O–H groups in total. The predicted octanol–water partition coefficient (Wildman–Crippen LogP) is 3.63. The van der Waals surface area contributed by atoms with Crippen molar-refractivity contribution >= 4 is 26.0 Å². The monoisotopic (exact) mass is 365 g/mol. The van der Waals surface area contributed by atoms with Gasteiger partial charge < -0.3 is 0 Å². The zero-order valence-corrected chi connectivity index (χ0v) is 13.8. The van der Waals surface area contributed by atoms with Gasteiger partial charge in [0, 0.05) is 17.6 Å². The van der Waals surface area contributed by atoms with Crippen LogP contribution in [0.3, 0.4) is 0 Å². The lowest BCUT2D eigenvalue weighted by atomic mass is 9.99. The van der Waals surface area contributed by atoms with E-state index in [2.05, 4.69) is 28.1 Å². The molecule has 1 heterocycles. The Bertz CT molecular complexity index is 731. The van der Waals surface area contributed by atoms with Crippen LogP contribution in [0.15, 0.2) is 64.0 Å². The molecule has 2 aromatic carbocycles. The summed E-state index contributed by atoms with van der Waals surface area (Å²) >= 11 is 3.33. The van der Waals surface area contributed by atoms with Gasteiger partial charge in [0.25, 0.3) is 0 Å². The first-order valence-corrected chi connectivity index (χ1v) is 9.11. The fourth-order valence-corrected chi connectivity index (χ4v) is 4.82. The summed E-state index contributed by atoms with van der Waals surface area (Å²) < 4.78 is 27.7. The van der Waals surface area contributed by atoms with Crippen molar-refractivity contribution in [1.82, 2.24) is 4.31 Å². The molecule has 110 valence electrons. The van der Waals surface area contributed by atoms with E-state index in [9.17, 15) is 8.42 Å². The molecule has 0 bridgehead atoms. The summed E-state index contributed by atoms with van der Waals surface area (Å²) in [6, 6.07) is 17.0. The van der Waals surface area contributed by atoms with Crippen LogP contribution in [-0.2, 0) is 10.0 Å². The van der Waals surface area contributed by atoms with Crippen LogP contribution in [0, 0.1) is 0 Å². The van der Waals surface area contributed by atoms with Gasteiger partial charge in [-0.2, -0.15) is 4.31 Å². The molecule has 1 saturated heterocycles. The Morgan fingerprint density at radius 1 is 1.05 bits per heavy atom. The van der Waals surface area contributed by atoms with E-state index in [-0.39, 0.29) is 5.92 Å². The van der Waals surface area contributed by atoms with Crippen molar-refractivity contribution in [3.63, 3.8) is 0 Å². The molecule has 3 nitrogen and oxygen atoms in total. The van der Waals surface area contributed by atoms with Gasteiger partial charge in [-0.1, -0.05) is 52.3 Å². The second-order valence-corrected chi connectivity index (χ2v) is 8.07. The Morgan fingerprint density at radius 2 is 1.81 bits per heavy atom. The van der Waals surface area contributed by atoms with Crippen molar-refractivity contribution < 1.29 is 8.42 Å². The minimum Gasteiger partial charge on any atom is -0.207 e. The number of hydrogen-bond donors (Lipinski definition) is 0. The Kier molecular flexibility index (Phi) is 4.15. The molecule has 5 heteroatoms. The number of nitrogens with zero attached hydrogens (tertiary/aromatic N) is 1. The van der Waals surface area contributed by atoms with E-state index in [4.69, 9.17) is 0 Å². The number of sulfonamides is 1. The van der Waals surface area contributed by atoms with Gasteiger partial charge in [0.2, 0.25) is 10.0 Å². The zero-order valence-electron chi connectivity index (χ0n) is 11.4. The SMILES string of the molecule is O=S(=O)(c1cccc(Br)c1)N1CCC(c2ccccc2)C1. The van der Waals surface area contributed by atoms with Crippen molar-refractivity contribution in [2.24, 2.45) is 0 Å². The summed E-state index contributed by atoms with van der Waals surface area (Å²) in [4.78, 5) is 0.352. The molecule has 0 amide bonds. The number of benzene rings is 2.